The number of nitrogens with one attached hydrogen (secondary N) is 1. The van der Waals surface area contributed by atoms with E-state index < -0.39 is 10.0 Å². The van der Waals surface area contributed by atoms with Gasteiger partial charge < -0.3 is 5.32 Å². The van der Waals surface area contributed by atoms with Crippen LogP contribution in [0.15, 0.2) is 58.7 Å². The molecule has 4 heterocycles. The maximum absolute atomic E-state index is 13.5. The third kappa shape index (κ3) is 2.78. The highest BCUT2D eigenvalue weighted by atomic mass is 32.2. The molecule has 0 fully saturated rings. The van der Waals surface area contributed by atoms with E-state index in [1.54, 1.807) is 30.6 Å². The minimum Gasteiger partial charge on any atom is -0.313 e. The Labute approximate surface area is 163 Å². The summed E-state index contributed by atoms with van der Waals surface area (Å²) in [6.45, 7) is 1.66. The second kappa shape index (κ2) is 6.68. The van der Waals surface area contributed by atoms with Gasteiger partial charge in [0.1, 0.15) is 0 Å². The summed E-state index contributed by atoms with van der Waals surface area (Å²) in [4.78, 5) is 9.11. The fourth-order valence-corrected chi connectivity index (χ4v) is 5.24. The van der Waals surface area contributed by atoms with Gasteiger partial charge in [-0.05, 0) is 61.2 Å². The van der Waals surface area contributed by atoms with E-state index in [9.17, 15) is 8.42 Å². The van der Waals surface area contributed by atoms with E-state index in [-0.39, 0.29) is 4.90 Å². The van der Waals surface area contributed by atoms with E-state index in [4.69, 9.17) is 0 Å². The molecule has 1 N–H and O–H groups in total. The molecule has 0 aliphatic carbocycles. The third-order valence-corrected chi connectivity index (χ3v) is 6.99. The Bertz CT molecular complexity index is 1240. The number of pyridine rings is 1. The first-order valence-electron chi connectivity index (χ1n) is 9.42. The molecule has 0 unspecified atom stereocenters. The summed E-state index contributed by atoms with van der Waals surface area (Å²) in [6, 6.07) is 8.80. The van der Waals surface area contributed by atoms with Crippen LogP contribution in [0, 0.1) is 0 Å². The highest BCUT2D eigenvalue weighted by molar-refractivity contribution is 7.90. The maximum Gasteiger partial charge on any atom is 0.268 e. The summed E-state index contributed by atoms with van der Waals surface area (Å²) >= 11 is 0. The van der Waals surface area contributed by atoms with Gasteiger partial charge in [0.05, 0.1) is 21.6 Å². The van der Waals surface area contributed by atoms with Crippen LogP contribution in [-0.4, -0.2) is 36.7 Å². The van der Waals surface area contributed by atoms with Crippen molar-refractivity contribution in [3.8, 4) is 0 Å². The second-order valence-electron chi connectivity index (χ2n) is 7.04. The topological polar surface area (TPSA) is 76.3 Å². The molecule has 142 valence electrons. The number of aliphatic imine (C=N–C) groups is 1. The van der Waals surface area contributed by atoms with E-state index >= 15 is 0 Å². The predicted molar refractivity (Wildman–Crippen MR) is 111 cm³/mol. The number of fused-ring (bicyclic) bond motifs is 2. The summed E-state index contributed by atoms with van der Waals surface area (Å²) in [7, 11) is -3.76. The van der Waals surface area contributed by atoms with Crippen LogP contribution in [0.3, 0.4) is 0 Å². The van der Waals surface area contributed by atoms with E-state index in [0.29, 0.717) is 5.52 Å². The predicted octanol–water partition coefficient (Wildman–Crippen LogP) is 3.30. The minimum atomic E-state index is -3.76. The van der Waals surface area contributed by atoms with E-state index in [1.807, 2.05) is 18.3 Å². The number of hydrogen-bond donors (Lipinski definition) is 1. The Balaban J connectivity index is 1.69. The van der Waals surface area contributed by atoms with Crippen LogP contribution < -0.4 is 5.32 Å². The molecule has 5 rings (SSSR count). The first-order chi connectivity index (χ1) is 13.6. The van der Waals surface area contributed by atoms with Gasteiger partial charge in [0, 0.05) is 30.7 Å². The Morgan fingerprint density at radius 3 is 2.93 bits per heavy atom. The van der Waals surface area contributed by atoms with Gasteiger partial charge in [0.2, 0.25) is 0 Å². The van der Waals surface area contributed by atoms with E-state index in [2.05, 4.69) is 21.4 Å². The van der Waals surface area contributed by atoms with Gasteiger partial charge in [-0.25, -0.2) is 12.4 Å². The van der Waals surface area contributed by atoms with Crippen LogP contribution in [0.25, 0.3) is 16.6 Å². The van der Waals surface area contributed by atoms with Crippen molar-refractivity contribution in [2.75, 3.05) is 13.1 Å². The molecule has 3 aromatic rings. The van der Waals surface area contributed by atoms with Gasteiger partial charge in [0.25, 0.3) is 10.0 Å². The van der Waals surface area contributed by atoms with Crippen molar-refractivity contribution < 1.29 is 8.42 Å². The summed E-state index contributed by atoms with van der Waals surface area (Å²) in [5.41, 5.74) is 5.15. The number of benzene rings is 1. The molecule has 0 bridgehead atoms. The normalized spacial score (nSPS) is 16.8. The molecule has 6 nitrogen and oxygen atoms in total. The summed E-state index contributed by atoms with van der Waals surface area (Å²) in [5.74, 6) is 0. The van der Waals surface area contributed by atoms with Crippen LogP contribution in [0.2, 0.25) is 0 Å². The van der Waals surface area contributed by atoms with Crippen LogP contribution in [-0.2, 0) is 16.4 Å². The summed E-state index contributed by atoms with van der Waals surface area (Å²) in [5, 5.41) is 3.29. The van der Waals surface area contributed by atoms with Crippen LogP contribution in [0.5, 0.6) is 0 Å². The van der Waals surface area contributed by atoms with Gasteiger partial charge in [-0.2, -0.15) is 0 Å². The molecule has 0 radical (unpaired) electrons. The van der Waals surface area contributed by atoms with Gasteiger partial charge >= 0.3 is 0 Å². The van der Waals surface area contributed by atoms with Crippen molar-refractivity contribution >= 4 is 38.5 Å². The van der Waals surface area contributed by atoms with Crippen molar-refractivity contribution in [3.05, 3.63) is 59.9 Å². The molecular weight excluding hydrogens is 372 g/mol. The molecule has 2 aliphatic heterocycles. The number of rotatable bonds is 3. The molecular formula is C21H20N4O2S. The van der Waals surface area contributed by atoms with Gasteiger partial charge in [-0.15, -0.1) is 0 Å². The number of aryl methyl sites for hydroxylation is 1. The fraction of sp³-hybridized carbons (Fsp3) is 0.238. The quantitative estimate of drug-likeness (QED) is 0.742. The molecule has 0 spiro atoms. The molecule has 2 aliphatic rings. The lowest BCUT2D eigenvalue weighted by atomic mass is 10.0. The minimum absolute atomic E-state index is 0.247. The van der Waals surface area contributed by atoms with Gasteiger partial charge in [-0.1, -0.05) is 12.1 Å². The van der Waals surface area contributed by atoms with Crippen molar-refractivity contribution in [3.63, 3.8) is 0 Å². The summed E-state index contributed by atoms with van der Waals surface area (Å²) < 4.78 is 28.3. The lowest BCUT2D eigenvalue weighted by Gasteiger charge is -2.13. The largest absolute Gasteiger partial charge is 0.313 e. The lowest BCUT2D eigenvalue weighted by molar-refractivity contribution is 0.589. The standard InChI is InChI=1S/C21H20N4O2S/c26-28(27,17-6-5-16-3-1-9-23-19(16)13-17)25-14-18(15-7-11-22-12-8-15)21-20(25)4-2-10-24-21/h2,4-7,9-10,13-14,22H,1,3,8,11-12H2. The van der Waals surface area contributed by atoms with Gasteiger partial charge in [0.15, 0.2) is 0 Å². The molecule has 7 heteroatoms. The van der Waals surface area contributed by atoms with Crippen molar-refractivity contribution in [1.82, 2.24) is 14.3 Å². The molecule has 28 heavy (non-hydrogen) atoms. The van der Waals surface area contributed by atoms with Crippen molar-refractivity contribution in [2.45, 2.75) is 24.2 Å². The van der Waals surface area contributed by atoms with E-state index in [0.717, 1.165) is 60.3 Å². The highest BCUT2D eigenvalue weighted by Gasteiger charge is 2.24. The third-order valence-electron chi connectivity index (χ3n) is 5.32. The molecule has 1 aromatic carbocycles. The maximum atomic E-state index is 13.5. The van der Waals surface area contributed by atoms with Crippen LogP contribution in [0.4, 0.5) is 5.69 Å². The Kier molecular flexibility index (Phi) is 4.14. The van der Waals surface area contributed by atoms with Gasteiger partial charge in [-0.3, -0.25) is 9.98 Å². The molecule has 0 amide bonds. The average Bonchev–Trinajstić information content (AvgIpc) is 3.14. The molecule has 2 aromatic heterocycles. The first-order valence-corrected chi connectivity index (χ1v) is 10.9. The van der Waals surface area contributed by atoms with Crippen LogP contribution >= 0.6 is 0 Å². The number of hydrogen-bond acceptors (Lipinski definition) is 5. The lowest BCUT2D eigenvalue weighted by Crippen LogP contribution is -2.20. The number of aromatic nitrogens is 2. The van der Waals surface area contributed by atoms with Crippen LogP contribution in [0.1, 0.15) is 24.0 Å². The van der Waals surface area contributed by atoms with Crippen molar-refractivity contribution in [1.29, 1.82) is 0 Å². The Morgan fingerprint density at radius 1 is 1.14 bits per heavy atom. The smallest absolute Gasteiger partial charge is 0.268 e. The van der Waals surface area contributed by atoms with E-state index in [1.165, 1.54) is 3.97 Å². The Morgan fingerprint density at radius 2 is 2.07 bits per heavy atom. The van der Waals surface area contributed by atoms with Crippen molar-refractivity contribution in [2.24, 2.45) is 4.99 Å². The Hall–Kier alpha value is -2.77. The zero-order valence-corrected chi connectivity index (χ0v) is 16.1. The first kappa shape index (κ1) is 17.3. The zero-order chi connectivity index (χ0) is 19.1. The molecule has 0 saturated carbocycles. The monoisotopic (exact) mass is 392 g/mol. The molecule has 0 saturated heterocycles. The second-order valence-corrected chi connectivity index (χ2v) is 8.85. The highest BCUT2D eigenvalue weighted by Crippen LogP contribution is 2.33. The number of nitrogens with zero attached hydrogens (tertiary/aromatic N) is 3. The summed E-state index contributed by atoms with van der Waals surface area (Å²) in [6.07, 6.45) is 10.0. The zero-order valence-electron chi connectivity index (χ0n) is 15.3. The SMILES string of the molecule is O=S(=O)(c1ccc2c(c1)N=CCC2)n1cc(C2=CCNCC2)c2ncccc21. The molecule has 0 atom stereocenters. The fourth-order valence-electron chi connectivity index (χ4n) is 3.86. The average molecular weight is 392 g/mol.